The molecule has 0 saturated carbocycles. The lowest BCUT2D eigenvalue weighted by molar-refractivity contribution is -0.0590. The maximum Gasteiger partial charge on any atom is 0.338 e. The van der Waals surface area contributed by atoms with Crippen molar-refractivity contribution in [2.75, 3.05) is 19.1 Å². The molecule has 0 N–H and O–H groups in total. The second-order valence-electron chi connectivity index (χ2n) is 9.46. The highest BCUT2D eigenvalue weighted by Gasteiger charge is 2.41. The first-order valence-corrected chi connectivity index (χ1v) is 15.2. The molecule has 12 heteroatoms. The van der Waals surface area contributed by atoms with Gasteiger partial charge in [0.25, 0.3) is 0 Å². The summed E-state index contributed by atoms with van der Waals surface area (Å²) in [7, 11) is 0. The summed E-state index contributed by atoms with van der Waals surface area (Å²) in [5, 5.41) is 16.0. The molecule has 1 saturated heterocycles. The van der Waals surface area contributed by atoms with E-state index < -0.39 is 30.4 Å². The number of rotatable bonds is 8. The number of nitrogens with zero attached hydrogens (tertiary/aromatic N) is 5. The Balaban J connectivity index is 1.44. The molecule has 0 radical (unpaired) electrons. The fourth-order valence-corrected chi connectivity index (χ4v) is 5.44. The summed E-state index contributed by atoms with van der Waals surface area (Å²) in [6, 6.07) is 16.2. The summed E-state index contributed by atoms with van der Waals surface area (Å²) >= 11 is 2.77. The van der Waals surface area contributed by atoms with E-state index in [1.165, 1.54) is 28.2 Å². The lowest BCUT2D eigenvalue weighted by Crippen LogP contribution is -2.32. The minimum absolute atomic E-state index is 0.152. The number of hydrogen-bond acceptors (Lipinski definition) is 11. The van der Waals surface area contributed by atoms with Crippen LogP contribution in [0.4, 0.5) is 0 Å². The van der Waals surface area contributed by atoms with Crippen molar-refractivity contribution in [3.05, 3.63) is 76.5 Å². The van der Waals surface area contributed by atoms with Gasteiger partial charge in [0.1, 0.15) is 29.9 Å². The van der Waals surface area contributed by atoms with Crippen LogP contribution in [0.5, 0.6) is 0 Å². The summed E-state index contributed by atoms with van der Waals surface area (Å²) in [4.78, 5) is 34.9. The number of nitriles is 1. The highest BCUT2D eigenvalue weighted by atomic mass is 32.2. The Morgan fingerprint density at radius 1 is 1.00 bits per heavy atom. The highest BCUT2D eigenvalue weighted by molar-refractivity contribution is 7.99. The van der Waals surface area contributed by atoms with Gasteiger partial charge in [-0.05, 0) is 50.6 Å². The first-order valence-electron chi connectivity index (χ1n) is 12.8. The fourth-order valence-electron chi connectivity index (χ4n) is 4.46. The molecule has 0 aliphatic carbocycles. The van der Waals surface area contributed by atoms with Crippen LogP contribution < -0.4 is 0 Å². The minimum atomic E-state index is -0.782. The molecule has 41 heavy (non-hydrogen) atoms. The maximum atomic E-state index is 13.0. The van der Waals surface area contributed by atoms with Crippen LogP contribution in [0.25, 0.3) is 11.0 Å². The minimum Gasteiger partial charge on any atom is -0.459 e. The van der Waals surface area contributed by atoms with Gasteiger partial charge in [-0.2, -0.15) is 10.4 Å². The van der Waals surface area contributed by atoms with E-state index in [-0.39, 0.29) is 18.7 Å². The number of esters is 2. The van der Waals surface area contributed by atoms with Crippen molar-refractivity contribution >= 4 is 46.5 Å². The monoisotopic (exact) mass is 589 g/mol. The largest absolute Gasteiger partial charge is 0.459 e. The smallest absolute Gasteiger partial charge is 0.338 e. The number of benzene rings is 2. The number of thioether (sulfide) groups is 2. The van der Waals surface area contributed by atoms with Gasteiger partial charge in [-0.25, -0.2) is 24.2 Å². The van der Waals surface area contributed by atoms with E-state index in [4.69, 9.17) is 14.2 Å². The fraction of sp³-hybridized carbons (Fsp3) is 0.310. The topological polar surface area (TPSA) is 129 Å². The molecule has 0 spiro atoms. The van der Waals surface area contributed by atoms with Crippen LogP contribution in [0.15, 0.2) is 58.7 Å². The lowest BCUT2D eigenvalue weighted by atomic mass is 10.1. The zero-order chi connectivity index (χ0) is 29.1. The van der Waals surface area contributed by atoms with Crippen LogP contribution in [0.2, 0.25) is 0 Å². The third-order valence-electron chi connectivity index (χ3n) is 6.64. The molecule has 2 aromatic carbocycles. The van der Waals surface area contributed by atoms with Crippen molar-refractivity contribution < 1.29 is 23.8 Å². The SMILES string of the molecule is CSc1nc(SC)c2c(C#N)nn([C@H]3C[C@@H](OC(=O)c4ccc(C)cc4)[C@@H](COC(=O)c4ccc(C)cc4)O3)c2n1. The van der Waals surface area contributed by atoms with Gasteiger partial charge in [0, 0.05) is 6.42 Å². The average molecular weight is 590 g/mol. The number of carbonyl (C=O) groups excluding carboxylic acids is 2. The molecule has 1 fully saturated rings. The quantitative estimate of drug-likeness (QED) is 0.117. The molecule has 2 aromatic heterocycles. The summed E-state index contributed by atoms with van der Waals surface area (Å²) in [5.41, 5.74) is 3.45. The molecular weight excluding hydrogens is 562 g/mol. The Bertz CT molecular complexity index is 1630. The van der Waals surface area contributed by atoms with Crippen LogP contribution in [0.1, 0.15) is 50.2 Å². The van der Waals surface area contributed by atoms with E-state index in [0.717, 1.165) is 11.1 Å². The van der Waals surface area contributed by atoms with E-state index >= 15 is 0 Å². The Kier molecular flexibility index (Phi) is 8.58. The third-order valence-corrected chi connectivity index (χ3v) is 7.87. The van der Waals surface area contributed by atoms with Crippen LogP contribution >= 0.6 is 23.5 Å². The lowest BCUT2D eigenvalue weighted by Gasteiger charge is -2.19. The van der Waals surface area contributed by atoms with Gasteiger partial charge in [-0.15, -0.1) is 11.8 Å². The van der Waals surface area contributed by atoms with E-state index in [0.29, 0.717) is 32.3 Å². The number of fused-ring (bicyclic) bond motifs is 1. The predicted octanol–water partition coefficient (Wildman–Crippen LogP) is 5.13. The van der Waals surface area contributed by atoms with Crippen molar-refractivity contribution in [3.63, 3.8) is 0 Å². The van der Waals surface area contributed by atoms with Gasteiger partial charge in [-0.3, -0.25) is 0 Å². The van der Waals surface area contributed by atoms with E-state index in [1.54, 1.807) is 24.3 Å². The highest BCUT2D eigenvalue weighted by Crippen LogP contribution is 2.36. The molecule has 3 heterocycles. The van der Waals surface area contributed by atoms with E-state index in [9.17, 15) is 14.9 Å². The number of aromatic nitrogens is 4. The molecule has 0 amide bonds. The van der Waals surface area contributed by atoms with E-state index in [2.05, 4.69) is 21.1 Å². The average Bonchev–Trinajstić information content (AvgIpc) is 3.56. The summed E-state index contributed by atoms with van der Waals surface area (Å²) in [6.07, 6.45) is 1.66. The predicted molar refractivity (Wildman–Crippen MR) is 154 cm³/mol. The molecule has 1 aliphatic rings. The number of ether oxygens (including phenoxy) is 3. The van der Waals surface area contributed by atoms with Gasteiger partial charge in [0.15, 0.2) is 22.7 Å². The first-order chi connectivity index (χ1) is 19.8. The summed E-state index contributed by atoms with van der Waals surface area (Å²) in [6.45, 7) is 3.71. The Morgan fingerprint density at radius 3 is 2.22 bits per heavy atom. The molecule has 3 atom stereocenters. The van der Waals surface area contributed by atoms with Gasteiger partial charge in [0.05, 0.1) is 16.5 Å². The Hall–Kier alpha value is -3.92. The first kappa shape index (κ1) is 28.6. The van der Waals surface area contributed by atoms with Crippen molar-refractivity contribution in [2.45, 2.75) is 48.9 Å². The van der Waals surface area contributed by atoms with Gasteiger partial charge < -0.3 is 14.2 Å². The number of hydrogen-bond donors (Lipinski definition) is 0. The molecule has 4 aromatic rings. The number of aryl methyl sites for hydroxylation is 2. The molecule has 1 aliphatic heterocycles. The number of carbonyl (C=O) groups is 2. The van der Waals surface area contributed by atoms with Gasteiger partial charge in [-0.1, -0.05) is 47.2 Å². The molecular formula is C29H27N5O5S2. The van der Waals surface area contributed by atoms with Crippen LogP contribution in [0, 0.1) is 25.2 Å². The van der Waals surface area contributed by atoms with Crippen molar-refractivity contribution in [2.24, 2.45) is 0 Å². The second kappa shape index (κ2) is 12.3. The van der Waals surface area contributed by atoms with Crippen molar-refractivity contribution in [3.8, 4) is 6.07 Å². The zero-order valence-corrected chi connectivity index (χ0v) is 24.5. The van der Waals surface area contributed by atoms with Crippen LogP contribution in [-0.2, 0) is 14.2 Å². The van der Waals surface area contributed by atoms with Gasteiger partial charge in [0.2, 0.25) is 0 Å². The second-order valence-corrected chi connectivity index (χ2v) is 11.0. The third kappa shape index (κ3) is 6.07. The summed E-state index contributed by atoms with van der Waals surface area (Å²) < 4.78 is 19.3. The van der Waals surface area contributed by atoms with Crippen molar-refractivity contribution in [1.29, 1.82) is 5.26 Å². The van der Waals surface area contributed by atoms with Crippen molar-refractivity contribution in [1.82, 2.24) is 19.7 Å². The van der Waals surface area contributed by atoms with Crippen LogP contribution in [0.3, 0.4) is 0 Å². The molecule has 5 rings (SSSR count). The standard InChI is InChI=1S/C29H27N5O5S2/c1-16-5-9-18(10-6-16)27(35)37-15-22-21(39-28(36)19-11-7-17(2)8-12-19)13-23(38-22)34-25-24(20(14-30)33-34)26(40-3)32-29(31-25)41-4/h5-12,21-23H,13,15H2,1-4H3/t21-,22-,23-/m1/s1. The molecule has 10 nitrogen and oxygen atoms in total. The normalized spacial score (nSPS) is 18.3. The molecule has 0 bridgehead atoms. The van der Waals surface area contributed by atoms with Gasteiger partial charge >= 0.3 is 11.9 Å². The molecule has 210 valence electrons. The Labute approximate surface area is 245 Å². The van der Waals surface area contributed by atoms with E-state index in [1.807, 2.05) is 50.6 Å². The summed E-state index contributed by atoms with van der Waals surface area (Å²) in [5.74, 6) is -1.03. The van der Waals surface area contributed by atoms with Crippen LogP contribution in [-0.4, -0.2) is 63.0 Å². The molecule has 0 unspecified atom stereocenters. The zero-order valence-electron chi connectivity index (χ0n) is 22.9. The Morgan fingerprint density at radius 2 is 1.63 bits per heavy atom. The maximum absolute atomic E-state index is 13.0.